The van der Waals surface area contributed by atoms with Gasteiger partial charge in [-0.2, -0.15) is 0 Å². The van der Waals surface area contributed by atoms with E-state index in [0.29, 0.717) is 17.0 Å². The van der Waals surface area contributed by atoms with Gasteiger partial charge in [0.15, 0.2) is 0 Å². The molecular weight excluding hydrogens is 334 g/mol. The van der Waals surface area contributed by atoms with E-state index >= 15 is 0 Å². The van der Waals surface area contributed by atoms with Gasteiger partial charge in [-0.25, -0.2) is 0 Å². The number of pyridine rings is 1. The van der Waals surface area contributed by atoms with E-state index in [0.717, 1.165) is 5.69 Å². The van der Waals surface area contributed by atoms with Crippen LogP contribution in [0, 0.1) is 0 Å². The summed E-state index contributed by atoms with van der Waals surface area (Å²) in [4.78, 5) is 31.7. The van der Waals surface area contributed by atoms with Gasteiger partial charge in [-0.1, -0.05) is 6.07 Å². The van der Waals surface area contributed by atoms with E-state index in [9.17, 15) is 9.59 Å². The fraction of sp³-hybridized carbons (Fsp3) is 0.222. The lowest BCUT2D eigenvalue weighted by Crippen LogP contribution is -2.45. The standard InChI is InChI=1S/C18H21N5O3/c1-11(17(20)24)23-18(25)16(21-2)14-9-13(6-7-15(14)19)26-10-12-5-3-4-8-22-12/h3-9,11H,10,19H2,1-2H3,(H2,20,24)(H,23,25)/t11-/m1/s1. The quantitative estimate of drug-likeness (QED) is 0.495. The zero-order chi connectivity index (χ0) is 19.1. The Balaban J connectivity index is 2.19. The Morgan fingerprint density at radius 3 is 2.69 bits per heavy atom. The van der Waals surface area contributed by atoms with Crippen molar-refractivity contribution in [3.05, 3.63) is 53.9 Å². The van der Waals surface area contributed by atoms with Crippen molar-refractivity contribution in [1.29, 1.82) is 0 Å². The Morgan fingerprint density at radius 2 is 2.08 bits per heavy atom. The molecule has 136 valence electrons. The summed E-state index contributed by atoms with van der Waals surface area (Å²) in [6, 6.07) is 9.64. The van der Waals surface area contributed by atoms with Crippen molar-refractivity contribution in [2.75, 3.05) is 12.8 Å². The smallest absolute Gasteiger partial charge is 0.270 e. The number of carbonyl (C=O) groups is 2. The van der Waals surface area contributed by atoms with Gasteiger partial charge in [-0.15, -0.1) is 0 Å². The average molecular weight is 355 g/mol. The molecule has 8 nitrogen and oxygen atoms in total. The normalized spacial score (nSPS) is 12.3. The van der Waals surface area contributed by atoms with Crippen molar-refractivity contribution in [1.82, 2.24) is 10.3 Å². The van der Waals surface area contributed by atoms with Crippen LogP contribution in [-0.4, -0.2) is 35.6 Å². The third kappa shape index (κ3) is 4.79. The number of anilines is 1. The second kappa shape index (κ2) is 8.61. The summed E-state index contributed by atoms with van der Waals surface area (Å²) in [5, 5.41) is 2.48. The van der Waals surface area contributed by atoms with Crippen LogP contribution in [0.2, 0.25) is 0 Å². The minimum absolute atomic E-state index is 0.0823. The van der Waals surface area contributed by atoms with Crippen LogP contribution in [0.3, 0.4) is 0 Å². The maximum Gasteiger partial charge on any atom is 0.270 e. The monoisotopic (exact) mass is 355 g/mol. The number of nitrogens with two attached hydrogens (primary N) is 2. The molecule has 1 heterocycles. The number of rotatable bonds is 7. The van der Waals surface area contributed by atoms with Gasteiger partial charge >= 0.3 is 0 Å². The molecule has 26 heavy (non-hydrogen) atoms. The minimum atomic E-state index is -0.830. The van der Waals surface area contributed by atoms with Gasteiger partial charge in [-0.05, 0) is 37.3 Å². The van der Waals surface area contributed by atoms with E-state index in [1.807, 2.05) is 18.2 Å². The van der Waals surface area contributed by atoms with Gasteiger partial charge < -0.3 is 21.5 Å². The van der Waals surface area contributed by atoms with Crippen molar-refractivity contribution in [3.63, 3.8) is 0 Å². The number of hydrogen-bond donors (Lipinski definition) is 3. The van der Waals surface area contributed by atoms with E-state index in [4.69, 9.17) is 16.2 Å². The number of benzene rings is 1. The fourth-order valence-electron chi connectivity index (χ4n) is 2.15. The number of amides is 2. The Kier molecular flexibility index (Phi) is 6.26. The minimum Gasteiger partial charge on any atom is -0.487 e. The molecule has 0 aliphatic heterocycles. The van der Waals surface area contributed by atoms with Crippen LogP contribution in [0.1, 0.15) is 18.2 Å². The molecule has 0 saturated carbocycles. The fourth-order valence-corrected chi connectivity index (χ4v) is 2.15. The summed E-state index contributed by atoms with van der Waals surface area (Å²) in [5.41, 5.74) is 12.8. The Hall–Kier alpha value is -3.42. The molecule has 0 aliphatic carbocycles. The Labute approximate surface area is 151 Å². The zero-order valence-electron chi connectivity index (χ0n) is 14.6. The highest BCUT2D eigenvalue weighted by atomic mass is 16.5. The van der Waals surface area contributed by atoms with Crippen LogP contribution in [0.5, 0.6) is 5.75 Å². The Morgan fingerprint density at radius 1 is 1.31 bits per heavy atom. The number of nitrogens with zero attached hydrogens (tertiary/aromatic N) is 2. The molecule has 0 radical (unpaired) electrons. The van der Waals surface area contributed by atoms with Gasteiger partial charge in [0.2, 0.25) is 5.91 Å². The van der Waals surface area contributed by atoms with Gasteiger partial charge in [0, 0.05) is 24.5 Å². The zero-order valence-corrected chi connectivity index (χ0v) is 14.6. The van der Waals surface area contributed by atoms with E-state index in [1.165, 1.54) is 14.0 Å². The molecule has 2 amide bonds. The van der Waals surface area contributed by atoms with E-state index < -0.39 is 17.9 Å². The molecule has 1 aromatic carbocycles. The predicted octanol–water partition coefficient (Wildman–Crippen LogP) is 0.652. The van der Waals surface area contributed by atoms with Crippen LogP contribution < -0.4 is 21.5 Å². The lowest BCUT2D eigenvalue weighted by atomic mass is 10.1. The van der Waals surface area contributed by atoms with Gasteiger partial charge in [0.05, 0.1) is 5.69 Å². The average Bonchev–Trinajstić information content (AvgIpc) is 2.63. The van der Waals surface area contributed by atoms with Crippen LogP contribution in [-0.2, 0) is 16.2 Å². The number of aliphatic imine (C=N–C) groups is 1. The Bertz CT molecular complexity index is 821. The van der Waals surface area contributed by atoms with Crippen molar-refractivity contribution < 1.29 is 14.3 Å². The third-order valence-corrected chi connectivity index (χ3v) is 3.61. The highest BCUT2D eigenvalue weighted by Crippen LogP contribution is 2.21. The summed E-state index contributed by atoms with van der Waals surface area (Å²) in [7, 11) is 1.46. The molecule has 0 unspecified atom stereocenters. The molecule has 5 N–H and O–H groups in total. The molecule has 1 atom stereocenters. The second-order valence-corrected chi connectivity index (χ2v) is 5.53. The molecule has 2 rings (SSSR count). The maximum absolute atomic E-state index is 12.4. The summed E-state index contributed by atoms with van der Waals surface area (Å²) >= 11 is 0. The van der Waals surface area contributed by atoms with Crippen molar-refractivity contribution >= 4 is 23.2 Å². The molecule has 0 spiro atoms. The summed E-state index contributed by atoms with van der Waals surface area (Å²) in [6.07, 6.45) is 1.68. The molecule has 2 aromatic rings. The van der Waals surface area contributed by atoms with Gasteiger partial charge in [0.25, 0.3) is 5.91 Å². The van der Waals surface area contributed by atoms with Crippen LogP contribution in [0.4, 0.5) is 5.69 Å². The molecule has 0 bridgehead atoms. The molecule has 0 aliphatic rings. The first-order chi connectivity index (χ1) is 12.4. The van der Waals surface area contributed by atoms with E-state index in [-0.39, 0.29) is 12.3 Å². The van der Waals surface area contributed by atoms with Crippen LogP contribution in [0.25, 0.3) is 0 Å². The number of carbonyl (C=O) groups excluding carboxylic acids is 2. The predicted molar refractivity (Wildman–Crippen MR) is 98.7 cm³/mol. The molecule has 0 saturated heterocycles. The number of ether oxygens (including phenoxy) is 1. The second-order valence-electron chi connectivity index (χ2n) is 5.53. The lowest BCUT2D eigenvalue weighted by Gasteiger charge is -2.14. The number of primary amides is 1. The third-order valence-electron chi connectivity index (χ3n) is 3.61. The van der Waals surface area contributed by atoms with Crippen molar-refractivity contribution in [2.45, 2.75) is 19.6 Å². The number of hydrogen-bond acceptors (Lipinski definition) is 6. The SMILES string of the molecule is CN=C(C(=O)N[C@H](C)C(N)=O)c1cc(OCc2ccccn2)ccc1N. The highest BCUT2D eigenvalue weighted by Gasteiger charge is 2.20. The number of nitrogens with one attached hydrogen (secondary N) is 1. The van der Waals surface area contributed by atoms with Crippen LogP contribution in [0.15, 0.2) is 47.6 Å². The maximum atomic E-state index is 12.4. The topological polar surface area (TPSA) is 133 Å². The first-order valence-corrected chi connectivity index (χ1v) is 7.92. The van der Waals surface area contributed by atoms with Gasteiger partial charge in [-0.3, -0.25) is 19.6 Å². The van der Waals surface area contributed by atoms with Crippen molar-refractivity contribution in [3.8, 4) is 5.75 Å². The van der Waals surface area contributed by atoms with Crippen LogP contribution >= 0.6 is 0 Å². The molecule has 0 fully saturated rings. The van der Waals surface area contributed by atoms with Crippen molar-refractivity contribution in [2.24, 2.45) is 10.7 Å². The van der Waals surface area contributed by atoms with Gasteiger partial charge in [0.1, 0.15) is 24.1 Å². The first kappa shape index (κ1) is 18.9. The number of nitrogen functional groups attached to an aromatic ring is 1. The van der Waals surface area contributed by atoms with E-state index in [2.05, 4.69) is 15.3 Å². The van der Waals surface area contributed by atoms with E-state index in [1.54, 1.807) is 24.4 Å². The number of aromatic nitrogens is 1. The summed E-state index contributed by atoms with van der Waals surface area (Å²) in [5.74, 6) is -0.682. The molecule has 8 heteroatoms. The first-order valence-electron chi connectivity index (χ1n) is 7.92. The summed E-state index contributed by atoms with van der Waals surface area (Å²) < 4.78 is 5.70. The molecular formula is C18H21N5O3. The highest BCUT2D eigenvalue weighted by molar-refractivity contribution is 6.46. The summed E-state index contributed by atoms with van der Waals surface area (Å²) in [6.45, 7) is 1.76. The molecule has 1 aromatic heterocycles. The lowest BCUT2D eigenvalue weighted by molar-refractivity contribution is -0.123. The largest absolute Gasteiger partial charge is 0.487 e.